The number of para-hydroxylation sites is 1. The van der Waals surface area contributed by atoms with Crippen LogP contribution in [-0.2, 0) is 0 Å². The number of aromatic nitrogens is 3. The molecule has 8 aromatic carbocycles. The zero-order valence-electron chi connectivity index (χ0n) is 30.8. The van der Waals surface area contributed by atoms with Crippen molar-refractivity contribution < 1.29 is 0 Å². The van der Waals surface area contributed by atoms with Gasteiger partial charge in [0.2, 0.25) is 8.07 Å². The Hall–Kier alpha value is -6.92. The molecule has 0 spiro atoms. The van der Waals surface area contributed by atoms with E-state index in [1.54, 1.807) is 0 Å². The molecule has 0 saturated heterocycles. The molecule has 0 amide bonds. The van der Waals surface area contributed by atoms with Crippen molar-refractivity contribution in [1.82, 2.24) is 14.5 Å². The summed E-state index contributed by atoms with van der Waals surface area (Å²) >= 11 is 1.87. The molecule has 12 rings (SSSR count). The highest BCUT2D eigenvalue weighted by Crippen LogP contribution is 2.41. The highest BCUT2D eigenvalue weighted by Gasteiger charge is 2.51. The van der Waals surface area contributed by atoms with Crippen LogP contribution in [0.4, 0.5) is 0 Å². The molecule has 0 radical (unpaired) electrons. The molecule has 0 saturated carbocycles. The van der Waals surface area contributed by atoms with Crippen LogP contribution in [0.5, 0.6) is 0 Å². The summed E-state index contributed by atoms with van der Waals surface area (Å²) in [5.41, 5.74) is 8.87. The third-order valence-electron chi connectivity index (χ3n) is 11.9. The minimum atomic E-state index is -2.89. The molecule has 3 nitrogen and oxygen atoms in total. The number of hydrogen-bond donors (Lipinski definition) is 0. The number of thiophene rings is 1. The van der Waals surface area contributed by atoms with Gasteiger partial charge in [0.05, 0.1) is 22.0 Å². The van der Waals surface area contributed by atoms with Gasteiger partial charge in [0.15, 0.2) is 5.82 Å². The van der Waals surface area contributed by atoms with Crippen molar-refractivity contribution in [1.29, 1.82) is 0 Å². The average Bonchev–Trinajstić information content (AvgIpc) is 3.92. The molecule has 0 unspecified atom stereocenters. The van der Waals surface area contributed by atoms with Crippen molar-refractivity contribution >= 4 is 82.3 Å². The number of hydrogen-bond acceptors (Lipinski definition) is 3. The van der Waals surface area contributed by atoms with E-state index in [2.05, 4.69) is 205 Å². The van der Waals surface area contributed by atoms with E-state index in [1.165, 1.54) is 63.1 Å². The van der Waals surface area contributed by atoms with E-state index in [9.17, 15) is 0 Å². The largest absolute Gasteiger partial charge is 0.309 e. The SMILES string of the molecule is c1ccc(-c2nc(-c3cccc(-n4c5ccccc5c5cc6sc7ccccc7c6cc54)c3)nc3c2-c2ccccc2[Si]3(c2ccccc2)c2ccccc2)cc1. The van der Waals surface area contributed by atoms with Gasteiger partial charge < -0.3 is 4.57 Å². The fourth-order valence-electron chi connectivity index (χ4n) is 9.45. The molecule has 0 atom stereocenters. The Balaban J connectivity index is 1.15. The van der Waals surface area contributed by atoms with Gasteiger partial charge in [0.25, 0.3) is 0 Å². The quantitative estimate of drug-likeness (QED) is 0.164. The Morgan fingerprint density at radius 1 is 0.439 bits per heavy atom. The first-order valence-corrected chi connectivity index (χ1v) is 22.2. The van der Waals surface area contributed by atoms with Gasteiger partial charge in [-0.05, 0) is 57.5 Å². The lowest BCUT2D eigenvalue weighted by atomic mass is 10.0. The standard InChI is InChI=1S/C52H33N3SSi/c1-4-17-34(18-5-1)50-49-41-27-12-15-30-48(41)57(37-21-6-2-7-22-37,38-23-8-3-9-24-38)52(49)54-51(53-50)35-19-16-20-36(31-35)55-44-28-13-10-25-39(44)42-33-47-43(32-45(42)55)40-26-11-14-29-46(40)56-47/h1-33H. The molecule has 1 aliphatic rings. The molecule has 3 aromatic heterocycles. The van der Waals surface area contributed by atoms with Crippen LogP contribution in [0.25, 0.3) is 81.4 Å². The van der Waals surface area contributed by atoms with Gasteiger partial charge in [-0.15, -0.1) is 11.3 Å². The summed E-state index contributed by atoms with van der Waals surface area (Å²) in [6.45, 7) is 0. The van der Waals surface area contributed by atoms with Crippen molar-refractivity contribution in [3.05, 3.63) is 200 Å². The fraction of sp³-hybridized carbons (Fsp3) is 0. The molecule has 5 heteroatoms. The van der Waals surface area contributed by atoms with E-state index >= 15 is 0 Å². The van der Waals surface area contributed by atoms with Crippen LogP contribution in [0.1, 0.15) is 0 Å². The van der Waals surface area contributed by atoms with Crippen LogP contribution in [0.3, 0.4) is 0 Å². The van der Waals surface area contributed by atoms with Gasteiger partial charge in [-0.3, -0.25) is 0 Å². The zero-order valence-corrected chi connectivity index (χ0v) is 32.6. The summed E-state index contributed by atoms with van der Waals surface area (Å²) in [4.78, 5) is 11.3. The van der Waals surface area contributed by atoms with E-state index in [0.717, 1.165) is 39.2 Å². The third-order valence-corrected chi connectivity index (χ3v) is 17.7. The summed E-state index contributed by atoms with van der Waals surface area (Å²) in [7, 11) is -2.89. The summed E-state index contributed by atoms with van der Waals surface area (Å²) in [5, 5.41) is 10.2. The molecular weight excluding hydrogens is 727 g/mol. The highest BCUT2D eigenvalue weighted by molar-refractivity contribution is 7.26. The van der Waals surface area contributed by atoms with Crippen LogP contribution >= 0.6 is 11.3 Å². The Morgan fingerprint density at radius 2 is 1.09 bits per heavy atom. The van der Waals surface area contributed by atoms with Crippen LogP contribution in [-0.4, -0.2) is 22.6 Å². The lowest BCUT2D eigenvalue weighted by Crippen LogP contribution is -2.73. The Bertz CT molecular complexity index is 3310. The molecule has 0 aliphatic carbocycles. The van der Waals surface area contributed by atoms with E-state index < -0.39 is 8.07 Å². The van der Waals surface area contributed by atoms with Crippen molar-refractivity contribution in [3.8, 4) is 39.5 Å². The Labute approximate surface area is 334 Å². The summed E-state index contributed by atoms with van der Waals surface area (Å²) < 4.78 is 5.05. The van der Waals surface area contributed by atoms with E-state index in [0.29, 0.717) is 0 Å². The smallest absolute Gasteiger partial charge is 0.203 e. The van der Waals surface area contributed by atoms with E-state index in [4.69, 9.17) is 9.97 Å². The van der Waals surface area contributed by atoms with Gasteiger partial charge in [0, 0.05) is 53.3 Å². The molecule has 57 heavy (non-hydrogen) atoms. The molecular formula is C52H33N3SSi. The molecule has 0 N–H and O–H groups in total. The maximum absolute atomic E-state index is 5.79. The van der Waals surface area contributed by atoms with Crippen molar-refractivity contribution in [3.63, 3.8) is 0 Å². The minimum Gasteiger partial charge on any atom is -0.309 e. The second kappa shape index (κ2) is 12.5. The lowest BCUT2D eigenvalue weighted by Gasteiger charge is -2.30. The first-order valence-electron chi connectivity index (χ1n) is 19.4. The molecule has 4 heterocycles. The summed E-state index contributed by atoms with van der Waals surface area (Å²) in [5.74, 6) is 0.734. The number of rotatable bonds is 5. The predicted molar refractivity (Wildman–Crippen MR) is 243 cm³/mol. The number of nitrogens with zero attached hydrogens (tertiary/aromatic N) is 3. The minimum absolute atomic E-state index is 0.734. The Morgan fingerprint density at radius 3 is 1.88 bits per heavy atom. The first kappa shape index (κ1) is 32.3. The van der Waals surface area contributed by atoms with Crippen LogP contribution < -0.4 is 20.9 Å². The maximum Gasteiger partial charge on any atom is 0.203 e. The predicted octanol–water partition coefficient (Wildman–Crippen LogP) is 10.6. The number of fused-ring (bicyclic) bond motifs is 9. The van der Waals surface area contributed by atoms with E-state index in [1.807, 2.05) is 11.3 Å². The van der Waals surface area contributed by atoms with Crippen molar-refractivity contribution in [2.75, 3.05) is 0 Å². The van der Waals surface area contributed by atoms with Crippen molar-refractivity contribution in [2.24, 2.45) is 0 Å². The molecule has 266 valence electrons. The normalized spacial score (nSPS) is 13.1. The zero-order chi connectivity index (χ0) is 37.5. The Kier molecular flexibility index (Phi) is 7.12. The van der Waals surface area contributed by atoms with Gasteiger partial charge in [0.1, 0.15) is 0 Å². The maximum atomic E-state index is 5.79. The third kappa shape index (κ3) is 4.70. The molecule has 0 bridgehead atoms. The fourth-order valence-corrected chi connectivity index (χ4v) is 15.6. The summed E-state index contributed by atoms with van der Waals surface area (Å²) in [6.07, 6.45) is 0. The van der Waals surface area contributed by atoms with Gasteiger partial charge >= 0.3 is 0 Å². The lowest BCUT2D eigenvalue weighted by molar-refractivity contribution is 1.17. The first-order chi connectivity index (χ1) is 28.3. The summed E-state index contributed by atoms with van der Waals surface area (Å²) in [6, 6.07) is 73.0. The van der Waals surface area contributed by atoms with Crippen LogP contribution in [0, 0.1) is 0 Å². The molecule has 1 aliphatic heterocycles. The van der Waals surface area contributed by atoms with Gasteiger partial charge in [-0.25, -0.2) is 9.97 Å². The second-order valence-corrected chi connectivity index (χ2v) is 19.6. The van der Waals surface area contributed by atoms with Gasteiger partial charge in [-0.2, -0.15) is 0 Å². The molecule has 0 fully saturated rings. The topological polar surface area (TPSA) is 30.7 Å². The van der Waals surface area contributed by atoms with Crippen LogP contribution in [0.15, 0.2) is 200 Å². The van der Waals surface area contributed by atoms with E-state index in [-0.39, 0.29) is 0 Å². The molecule has 11 aromatic rings. The highest BCUT2D eigenvalue weighted by atomic mass is 32.1. The van der Waals surface area contributed by atoms with Crippen LogP contribution in [0.2, 0.25) is 0 Å². The van der Waals surface area contributed by atoms with Gasteiger partial charge in [-0.1, -0.05) is 164 Å². The van der Waals surface area contributed by atoms with Crippen molar-refractivity contribution in [2.45, 2.75) is 0 Å². The number of benzene rings is 8. The average molecular weight is 760 g/mol. The second-order valence-electron chi connectivity index (χ2n) is 14.9. The monoisotopic (exact) mass is 759 g/mol.